The van der Waals surface area contributed by atoms with Crippen molar-refractivity contribution in [3.63, 3.8) is 0 Å². The number of furan rings is 1. The highest BCUT2D eigenvalue weighted by Crippen LogP contribution is 2.57. The Kier molecular flexibility index (Phi) is 9.87. The molecule has 7 aromatic rings. The first-order valence-corrected chi connectivity index (χ1v) is 28.0. The van der Waals surface area contributed by atoms with E-state index in [1.165, 1.54) is 136 Å². The van der Waals surface area contributed by atoms with Gasteiger partial charge < -0.3 is 14.2 Å². The third-order valence-electron chi connectivity index (χ3n) is 19.7. The van der Waals surface area contributed by atoms with Gasteiger partial charge in [0, 0.05) is 39.2 Å². The van der Waals surface area contributed by atoms with Crippen LogP contribution in [0.5, 0.6) is 0 Å². The highest BCUT2D eigenvalue weighted by Gasteiger charge is 2.50. The molecule has 12 rings (SSSR count). The summed E-state index contributed by atoms with van der Waals surface area (Å²) in [5.74, 6) is 0. The monoisotopic (exact) mass is 967 g/mol. The first kappa shape index (κ1) is 48.7. The number of nitrogens with zero attached hydrogens (tertiary/aromatic N) is 2. The molecule has 2 aliphatic heterocycles. The van der Waals surface area contributed by atoms with Gasteiger partial charge in [-0.3, -0.25) is 0 Å². The van der Waals surface area contributed by atoms with Crippen LogP contribution in [0.4, 0.5) is 34.1 Å². The van der Waals surface area contributed by atoms with Gasteiger partial charge in [-0.15, -0.1) is 0 Å². The van der Waals surface area contributed by atoms with Gasteiger partial charge in [-0.25, -0.2) is 0 Å². The van der Waals surface area contributed by atoms with E-state index in [0.29, 0.717) is 0 Å². The Morgan fingerprint density at radius 1 is 0.425 bits per heavy atom. The lowest BCUT2D eigenvalue weighted by atomic mass is 9.33. The molecule has 0 unspecified atom stereocenters. The molecule has 73 heavy (non-hydrogen) atoms. The molecule has 378 valence electrons. The van der Waals surface area contributed by atoms with Crippen LogP contribution in [0.15, 0.2) is 83.3 Å². The minimum Gasteiger partial charge on any atom is -0.454 e. The maximum absolute atomic E-state index is 7.42. The maximum Gasteiger partial charge on any atom is 0.252 e. The third-order valence-corrected chi connectivity index (χ3v) is 19.7. The number of aryl methyl sites for hydroxylation is 2. The van der Waals surface area contributed by atoms with Crippen LogP contribution in [-0.2, 0) is 43.3 Å². The number of anilines is 6. The van der Waals surface area contributed by atoms with Crippen molar-refractivity contribution in [3.05, 3.63) is 134 Å². The van der Waals surface area contributed by atoms with E-state index >= 15 is 0 Å². The van der Waals surface area contributed by atoms with Crippen molar-refractivity contribution in [2.45, 2.75) is 214 Å². The zero-order chi connectivity index (χ0) is 52.4. The van der Waals surface area contributed by atoms with E-state index in [1.807, 2.05) is 0 Å². The standard InChI is InChI=1S/C69H83BN2O/c1-39-29-45-48(66(13,14)27-25-64(45,9)10)35-53(39)71-55-37-50-47(68(17,18)38-69(50,19)20)34-52(55)70-51-23-22-43-44-31-41(62(3,4)5)21-24-58(44)73-61(43)60(51)72(57-33-42(63(6,7)8)32-56(71)59(57)70)54-36-49-46(30-40(54)2)65(11,12)26-28-67(49,15)16/h21-24,29-37H,25-28,38H2,1-20H3. The van der Waals surface area contributed by atoms with Crippen molar-refractivity contribution in [2.24, 2.45) is 0 Å². The molecule has 6 aromatic carbocycles. The molecule has 0 fully saturated rings. The van der Waals surface area contributed by atoms with Gasteiger partial charge in [0.05, 0.1) is 5.69 Å². The first-order chi connectivity index (χ1) is 33.7. The molecule has 5 aliphatic rings. The Morgan fingerprint density at radius 2 is 0.877 bits per heavy atom. The lowest BCUT2D eigenvalue weighted by Gasteiger charge is -2.47. The molecule has 4 heteroatoms. The van der Waals surface area contributed by atoms with Gasteiger partial charge in [-0.05, 0) is 204 Å². The fourth-order valence-corrected chi connectivity index (χ4v) is 15.1. The molecule has 3 heterocycles. The quantitative estimate of drug-likeness (QED) is 0.161. The predicted octanol–water partition coefficient (Wildman–Crippen LogP) is 17.5. The van der Waals surface area contributed by atoms with E-state index in [2.05, 4.69) is 227 Å². The summed E-state index contributed by atoms with van der Waals surface area (Å²) in [5, 5.41) is 2.37. The van der Waals surface area contributed by atoms with Crippen LogP contribution in [0.25, 0.3) is 21.9 Å². The average Bonchev–Trinajstić information content (AvgIpc) is 3.75. The van der Waals surface area contributed by atoms with Gasteiger partial charge in [0.15, 0.2) is 5.58 Å². The van der Waals surface area contributed by atoms with Gasteiger partial charge in [-0.1, -0.05) is 161 Å². The van der Waals surface area contributed by atoms with Crippen molar-refractivity contribution >= 4 is 79.2 Å². The predicted molar refractivity (Wildman–Crippen MR) is 316 cm³/mol. The summed E-state index contributed by atoms with van der Waals surface area (Å²) in [6, 6.07) is 32.8. The molecule has 0 bridgehead atoms. The summed E-state index contributed by atoms with van der Waals surface area (Å²) < 4.78 is 7.42. The zero-order valence-corrected chi connectivity index (χ0v) is 48.4. The van der Waals surface area contributed by atoms with Crippen LogP contribution in [0.2, 0.25) is 0 Å². The first-order valence-electron chi connectivity index (χ1n) is 28.0. The van der Waals surface area contributed by atoms with Crippen LogP contribution < -0.4 is 26.2 Å². The summed E-state index contributed by atoms with van der Waals surface area (Å²) in [6.07, 6.45) is 5.82. The molecule has 1 aromatic heterocycles. The summed E-state index contributed by atoms with van der Waals surface area (Å²) in [7, 11) is 0. The molecule has 0 spiro atoms. The van der Waals surface area contributed by atoms with Gasteiger partial charge >= 0.3 is 0 Å². The molecule has 0 N–H and O–H groups in total. The SMILES string of the molecule is Cc1cc2c(cc1N1c3cc4c(cc3B3c5ccc6c(oc7ccc(C(C)(C)C)cc76)c5N(c5cc6c(cc5C)C(C)(C)CCC6(C)C)c5cc(C(C)(C)C)cc1c53)C(C)(C)CC4(C)C)C(C)(C)CCC2(C)C. The molecule has 0 radical (unpaired) electrons. The fraction of sp³-hybridized carbons (Fsp3) is 0.478. The summed E-state index contributed by atoms with van der Waals surface area (Å²) in [6.45, 7) is 48.7. The summed E-state index contributed by atoms with van der Waals surface area (Å²) >= 11 is 0. The highest BCUT2D eigenvalue weighted by atomic mass is 16.3. The molecular formula is C69H83BN2O. The van der Waals surface area contributed by atoms with E-state index in [4.69, 9.17) is 4.42 Å². The van der Waals surface area contributed by atoms with Crippen LogP contribution in [0.3, 0.4) is 0 Å². The van der Waals surface area contributed by atoms with E-state index in [1.54, 1.807) is 0 Å². The molecule has 0 amide bonds. The second-order valence-electron chi connectivity index (χ2n) is 30.0. The number of hydrogen-bond acceptors (Lipinski definition) is 3. The van der Waals surface area contributed by atoms with Crippen LogP contribution in [0, 0.1) is 13.8 Å². The third kappa shape index (κ3) is 6.95. The van der Waals surface area contributed by atoms with Crippen molar-refractivity contribution in [3.8, 4) is 0 Å². The van der Waals surface area contributed by atoms with Crippen molar-refractivity contribution < 1.29 is 4.42 Å². The smallest absolute Gasteiger partial charge is 0.252 e. The number of benzene rings is 6. The Bertz CT molecular complexity index is 3550. The normalized spacial score (nSPS) is 20.4. The number of hydrogen-bond donors (Lipinski definition) is 0. The molecule has 0 saturated heterocycles. The Hall–Kier alpha value is -5.22. The summed E-state index contributed by atoms with van der Waals surface area (Å²) in [5.41, 5.74) is 28.1. The Labute approximate surface area is 439 Å². The lowest BCUT2D eigenvalue weighted by Crippen LogP contribution is -2.61. The van der Waals surface area contributed by atoms with Gasteiger partial charge in [0.25, 0.3) is 6.71 Å². The van der Waals surface area contributed by atoms with Gasteiger partial charge in [0.2, 0.25) is 0 Å². The molecule has 3 nitrogen and oxygen atoms in total. The van der Waals surface area contributed by atoms with Crippen molar-refractivity contribution in [1.82, 2.24) is 0 Å². The number of fused-ring (bicyclic) bond motifs is 11. The number of rotatable bonds is 2. The maximum atomic E-state index is 7.42. The van der Waals surface area contributed by atoms with Crippen molar-refractivity contribution in [1.29, 1.82) is 0 Å². The minimum atomic E-state index is -0.147. The minimum absolute atomic E-state index is 0.000194. The average molecular weight is 967 g/mol. The Morgan fingerprint density at radius 3 is 1.40 bits per heavy atom. The van der Waals surface area contributed by atoms with E-state index in [-0.39, 0.29) is 50.0 Å². The molecule has 0 saturated carbocycles. The second-order valence-corrected chi connectivity index (χ2v) is 30.0. The zero-order valence-electron chi connectivity index (χ0n) is 48.4. The Balaban J connectivity index is 1.26. The van der Waals surface area contributed by atoms with Gasteiger partial charge in [0.1, 0.15) is 5.58 Å². The highest BCUT2D eigenvalue weighted by molar-refractivity contribution is 7.00. The topological polar surface area (TPSA) is 19.6 Å². The van der Waals surface area contributed by atoms with E-state index in [9.17, 15) is 0 Å². The lowest BCUT2D eigenvalue weighted by molar-refractivity contribution is 0.332. The van der Waals surface area contributed by atoms with Crippen LogP contribution in [-0.4, -0.2) is 6.71 Å². The van der Waals surface area contributed by atoms with Crippen molar-refractivity contribution in [2.75, 3.05) is 9.80 Å². The van der Waals surface area contributed by atoms with Gasteiger partial charge in [-0.2, -0.15) is 0 Å². The van der Waals surface area contributed by atoms with Crippen LogP contribution >= 0.6 is 0 Å². The van der Waals surface area contributed by atoms with E-state index in [0.717, 1.165) is 24.0 Å². The molecule has 3 aliphatic carbocycles. The molecule has 0 atom stereocenters. The van der Waals surface area contributed by atoms with E-state index < -0.39 is 0 Å². The summed E-state index contributed by atoms with van der Waals surface area (Å²) in [4.78, 5) is 5.47. The largest absolute Gasteiger partial charge is 0.454 e. The second kappa shape index (κ2) is 14.8. The molecular weight excluding hydrogens is 884 g/mol. The fourth-order valence-electron chi connectivity index (χ4n) is 15.1. The van der Waals surface area contributed by atoms with Crippen LogP contribution in [0.1, 0.15) is 212 Å².